The lowest BCUT2D eigenvalue weighted by atomic mass is 9.86. The van der Waals surface area contributed by atoms with Gasteiger partial charge in [-0.1, -0.05) is 62.9 Å². The van der Waals surface area contributed by atoms with Crippen LogP contribution in [-0.4, -0.2) is 37.5 Å². The summed E-state index contributed by atoms with van der Waals surface area (Å²) in [7, 11) is 0. The number of oxime groups is 2. The second-order valence-electron chi connectivity index (χ2n) is 12.1. The Hall–Kier alpha value is -5.73. The van der Waals surface area contributed by atoms with Gasteiger partial charge < -0.3 is 36.6 Å². The summed E-state index contributed by atoms with van der Waals surface area (Å²) in [5.41, 5.74) is 19.9. The van der Waals surface area contributed by atoms with Crippen LogP contribution in [0.15, 0.2) is 91.4 Å². The van der Waals surface area contributed by atoms with E-state index in [1.54, 1.807) is 49.4 Å². The maximum atomic E-state index is 14.1. The van der Waals surface area contributed by atoms with E-state index in [0.29, 0.717) is 45.7 Å². The third-order valence-electron chi connectivity index (χ3n) is 8.49. The van der Waals surface area contributed by atoms with Crippen molar-refractivity contribution in [2.75, 3.05) is 0 Å². The SMILES string of the molecule is CCCc1cc(C(N)=NO)c(-c2c(C)noc2C)c(-c2cc(F)c(O)c(F)c2)c1.Cc1ccsc1-c1c(C(N)=NO)cc(Br)cc1-c1ccc(O)cc1. The molecule has 8 N–H and O–H groups in total. The average molecular weight is 805 g/mol. The highest BCUT2D eigenvalue weighted by atomic mass is 79.9. The molecule has 0 saturated heterocycles. The highest BCUT2D eigenvalue weighted by Crippen LogP contribution is 2.43. The van der Waals surface area contributed by atoms with Gasteiger partial charge in [0.15, 0.2) is 29.1 Å². The molecule has 0 spiro atoms. The van der Waals surface area contributed by atoms with Crippen LogP contribution in [0.2, 0.25) is 0 Å². The van der Waals surface area contributed by atoms with Gasteiger partial charge in [-0.25, -0.2) is 8.78 Å². The molecule has 10 nitrogen and oxygen atoms in total. The van der Waals surface area contributed by atoms with Crippen molar-refractivity contribution in [1.29, 1.82) is 0 Å². The molecule has 274 valence electrons. The summed E-state index contributed by atoms with van der Waals surface area (Å²) in [6, 6.07) is 18.5. The van der Waals surface area contributed by atoms with Crippen molar-refractivity contribution in [2.24, 2.45) is 21.8 Å². The number of aryl methyl sites for hydroxylation is 4. The minimum atomic E-state index is -1.09. The van der Waals surface area contributed by atoms with E-state index >= 15 is 0 Å². The second-order valence-corrected chi connectivity index (χ2v) is 14.0. The van der Waals surface area contributed by atoms with Gasteiger partial charge in [-0.3, -0.25) is 0 Å². The summed E-state index contributed by atoms with van der Waals surface area (Å²) in [5.74, 6) is -2.64. The van der Waals surface area contributed by atoms with Crippen molar-refractivity contribution < 1.29 is 33.9 Å². The van der Waals surface area contributed by atoms with E-state index in [4.69, 9.17) is 16.0 Å². The zero-order valence-electron chi connectivity index (χ0n) is 29.1. The number of aromatic nitrogens is 1. The molecule has 2 heterocycles. The molecule has 0 radical (unpaired) electrons. The van der Waals surface area contributed by atoms with Crippen molar-refractivity contribution in [2.45, 2.75) is 40.5 Å². The van der Waals surface area contributed by atoms with Crippen molar-refractivity contribution in [3.63, 3.8) is 0 Å². The number of phenols is 2. The van der Waals surface area contributed by atoms with Crippen molar-refractivity contribution in [3.8, 4) is 55.3 Å². The number of benzene rings is 4. The summed E-state index contributed by atoms with van der Waals surface area (Å²) >= 11 is 5.11. The third kappa shape index (κ3) is 8.03. The Kier molecular flexibility index (Phi) is 11.8. The molecule has 6 aromatic rings. The second kappa shape index (κ2) is 16.3. The number of hydrogen-bond donors (Lipinski definition) is 6. The molecule has 53 heavy (non-hydrogen) atoms. The molecule has 0 atom stereocenters. The van der Waals surface area contributed by atoms with Crippen LogP contribution in [0.4, 0.5) is 8.78 Å². The molecule has 0 amide bonds. The highest BCUT2D eigenvalue weighted by molar-refractivity contribution is 9.10. The van der Waals surface area contributed by atoms with Crippen LogP contribution in [-0.2, 0) is 6.42 Å². The molecule has 14 heteroatoms. The number of amidine groups is 2. The van der Waals surface area contributed by atoms with Gasteiger partial charge in [0.1, 0.15) is 11.5 Å². The zero-order valence-corrected chi connectivity index (χ0v) is 31.5. The normalized spacial score (nSPS) is 11.8. The summed E-state index contributed by atoms with van der Waals surface area (Å²) < 4.78 is 34.3. The number of thiophene rings is 1. The summed E-state index contributed by atoms with van der Waals surface area (Å²) in [4.78, 5) is 1.06. The lowest BCUT2D eigenvalue weighted by molar-refractivity contribution is 0.318. The molecule has 0 aliphatic rings. The summed E-state index contributed by atoms with van der Waals surface area (Å²) in [5, 5.41) is 49.9. The number of nitrogens with two attached hydrogens (primary N) is 2. The molecule has 0 bridgehead atoms. The third-order valence-corrected chi connectivity index (χ3v) is 9.98. The molecule has 2 aromatic heterocycles. The van der Waals surface area contributed by atoms with Crippen molar-refractivity contribution >= 4 is 38.9 Å². The van der Waals surface area contributed by atoms with Gasteiger partial charge in [-0.15, -0.1) is 11.3 Å². The van der Waals surface area contributed by atoms with Crippen LogP contribution >= 0.6 is 27.3 Å². The van der Waals surface area contributed by atoms with E-state index in [0.717, 1.165) is 55.7 Å². The van der Waals surface area contributed by atoms with E-state index in [9.17, 15) is 29.4 Å². The molecular formula is C39H36BrF2N5O5S. The number of hydrogen-bond acceptors (Lipinski definition) is 9. The number of aromatic hydroxyl groups is 2. The Labute approximate surface area is 316 Å². The van der Waals surface area contributed by atoms with Crippen LogP contribution < -0.4 is 11.5 Å². The van der Waals surface area contributed by atoms with E-state index in [2.05, 4.69) is 31.4 Å². The molecular weight excluding hydrogens is 768 g/mol. The first-order chi connectivity index (χ1) is 25.3. The Morgan fingerprint density at radius 2 is 1.42 bits per heavy atom. The summed E-state index contributed by atoms with van der Waals surface area (Å²) in [6.07, 6.45) is 1.49. The Bertz CT molecular complexity index is 2310. The average Bonchev–Trinajstić information content (AvgIpc) is 3.72. The monoisotopic (exact) mass is 803 g/mol. The first-order valence-electron chi connectivity index (χ1n) is 16.2. The number of rotatable bonds is 8. The lowest BCUT2D eigenvalue weighted by Gasteiger charge is -2.17. The van der Waals surface area contributed by atoms with Gasteiger partial charge in [-0.05, 0) is 114 Å². The summed E-state index contributed by atoms with van der Waals surface area (Å²) in [6.45, 7) is 7.45. The Morgan fingerprint density at radius 1 is 0.811 bits per heavy atom. The first-order valence-corrected chi connectivity index (χ1v) is 17.9. The molecule has 0 fully saturated rings. The molecule has 0 saturated carbocycles. The fraction of sp³-hybridized carbons (Fsp3) is 0.154. The fourth-order valence-corrected chi connectivity index (χ4v) is 7.51. The van der Waals surface area contributed by atoms with Crippen molar-refractivity contribution in [1.82, 2.24) is 5.16 Å². The number of halogens is 3. The molecule has 0 unspecified atom stereocenters. The minimum absolute atomic E-state index is 0.0547. The predicted molar refractivity (Wildman–Crippen MR) is 207 cm³/mol. The zero-order chi connectivity index (χ0) is 38.6. The van der Waals surface area contributed by atoms with Gasteiger partial charge in [0.05, 0.1) is 5.69 Å². The number of nitrogens with zero attached hydrogens (tertiary/aromatic N) is 3. The maximum Gasteiger partial charge on any atom is 0.187 e. The Balaban J connectivity index is 0.000000208. The Morgan fingerprint density at radius 3 is 1.94 bits per heavy atom. The van der Waals surface area contributed by atoms with Gasteiger partial charge in [0, 0.05) is 37.2 Å². The van der Waals surface area contributed by atoms with E-state index < -0.39 is 17.4 Å². The predicted octanol–water partition coefficient (Wildman–Crippen LogP) is 9.61. The van der Waals surface area contributed by atoms with Crippen LogP contribution in [0, 0.1) is 32.4 Å². The highest BCUT2D eigenvalue weighted by Gasteiger charge is 2.24. The van der Waals surface area contributed by atoms with E-state index in [1.165, 1.54) is 0 Å². The fourth-order valence-electron chi connectivity index (χ4n) is 6.05. The van der Waals surface area contributed by atoms with Gasteiger partial charge in [0.2, 0.25) is 0 Å². The molecule has 4 aromatic carbocycles. The van der Waals surface area contributed by atoms with Gasteiger partial charge in [-0.2, -0.15) is 0 Å². The quantitative estimate of drug-likeness (QED) is 0.0380. The van der Waals surface area contributed by atoms with Crippen molar-refractivity contribution in [3.05, 3.63) is 122 Å². The van der Waals surface area contributed by atoms with Gasteiger partial charge in [0.25, 0.3) is 0 Å². The van der Waals surface area contributed by atoms with Crippen LogP contribution in [0.25, 0.3) is 43.8 Å². The van der Waals surface area contributed by atoms with Crippen LogP contribution in [0.3, 0.4) is 0 Å². The standard InChI is InChI=1S/C21H21F2N3O3.C18H15BrN2O2S/c1-4-5-12-6-14(13-8-16(22)20(27)17(23)9-13)19(15(7-12)21(24)25-28)18-10(2)26-29-11(18)3;1-10-6-7-24-17(10)16-14(11-2-4-13(22)5-3-11)8-12(19)9-15(16)18(20)21-23/h6-9,27-28H,4-5H2,1-3H3,(H2,24,25);2-9,22-23H,1H3,(H2,20,21). The molecule has 0 aliphatic carbocycles. The lowest BCUT2D eigenvalue weighted by Crippen LogP contribution is -2.16. The molecule has 0 aliphatic heterocycles. The molecule has 6 rings (SSSR count). The topological polar surface area (TPSA) is 184 Å². The van der Waals surface area contributed by atoms with Crippen LogP contribution in [0.1, 0.15) is 47.1 Å². The first kappa shape index (κ1) is 38.5. The van der Waals surface area contributed by atoms with Gasteiger partial charge >= 0.3 is 0 Å². The van der Waals surface area contributed by atoms with E-state index in [1.807, 2.05) is 49.6 Å². The number of phenolic OH excluding ortho intramolecular Hbond substituents is 2. The largest absolute Gasteiger partial charge is 0.508 e. The maximum absolute atomic E-state index is 14.1. The minimum Gasteiger partial charge on any atom is -0.508 e. The van der Waals surface area contributed by atoms with Crippen LogP contribution in [0.5, 0.6) is 11.5 Å². The van der Waals surface area contributed by atoms with E-state index in [-0.39, 0.29) is 23.0 Å². The smallest absolute Gasteiger partial charge is 0.187 e.